The Morgan fingerprint density at radius 2 is 1.83 bits per heavy atom. The summed E-state index contributed by atoms with van der Waals surface area (Å²) < 4.78 is 0. The van der Waals surface area contributed by atoms with Gasteiger partial charge >= 0.3 is 0 Å². The third-order valence-electron chi connectivity index (χ3n) is 10.5. The molecule has 1 N–H and O–H groups in total. The SMILES string of the molecule is CC(C)CCC[C@@H](C)[C@H]1CC[C@H]2[C@@H]3[C@@H](C=O)C=C4C[C@@H](O)CC[C@]4(C)[C@H]3CC[C@]12C. The zero-order valence-electron chi connectivity index (χ0n) is 20.2. The third-order valence-corrected chi connectivity index (χ3v) is 10.5. The molecular weight excluding hydrogens is 368 g/mol. The predicted octanol–water partition coefficient (Wildman–Crippen LogP) is 6.81. The van der Waals surface area contributed by atoms with Crippen LogP contribution in [0.3, 0.4) is 0 Å². The molecule has 2 nitrogen and oxygen atoms in total. The van der Waals surface area contributed by atoms with Crippen molar-refractivity contribution in [3.05, 3.63) is 11.6 Å². The molecule has 0 aliphatic heterocycles. The molecule has 3 fully saturated rings. The molecule has 0 aromatic carbocycles. The smallest absolute Gasteiger partial charge is 0.127 e. The van der Waals surface area contributed by atoms with E-state index in [1.807, 2.05) is 0 Å². The lowest BCUT2D eigenvalue weighted by Gasteiger charge is -2.59. The van der Waals surface area contributed by atoms with Gasteiger partial charge in [0.15, 0.2) is 0 Å². The van der Waals surface area contributed by atoms with Gasteiger partial charge in [-0.15, -0.1) is 0 Å². The minimum absolute atomic E-state index is 0.0722. The summed E-state index contributed by atoms with van der Waals surface area (Å²) in [6.07, 6.45) is 15.6. The van der Waals surface area contributed by atoms with Crippen molar-refractivity contribution in [2.45, 2.75) is 105 Å². The highest BCUT2D eigenvalue weighted by Crippen LogP contribution is 2.68. The minimum Gasteiger partial charge on any atom is -0.393 e. The lowest BCUT2D eigenvalue weighted by molar-refractivity contribution is -0.120. The first kappa shape index (κ1) is 22.6. The van der Waals surface area contributed by atoms with E-state index in [0.29, 0.717) is 23.2 Å². The number of hydrogen-bond acceptors (Lipinski definition) is 2. The number of aliphatic hydroxyl groups is 1. The fraction of sp³-hybridized carbons (Fsp3) is 0.893. The van der Waals surface area contributed by atoms with Crippen LogP contribution in [0.2, 0.25) is 0 Å². The molecule has 9 atom stereocenters. The number of aldehydes is 1. The van der Waals surface area contributed by atoms with Crippen molar-refractivity contribution in [3.8, 4) is 0 Å². The highest BCUT2D eigenvalue weighted by molar-refractivity contribution is 5.59. The molecule has 0 bridgehead atoms. The highest BCUT2D eigenvalue weighted by Gasteiger charge is 2.61. The molecule has 0 heterocycles. The van der Waals surface area contributed by atoms with Crippen LogP contribution in [0.1, 0.15) is 98.8 Å². The van der Waals surface area contributed by atoms with E-state index in [1.165, 1.54) is 56.8 Å². The van der Waals surface area contributed by atoms with E-state index in [9.17, 15) is 9.90 Å². The molecule has 0 radical (unpaired) electrons. The Hall–Kier alpha value is -0.630. The monoisotopic (exact) mass is 414 g/mol. The number of carbonyl (C=O) groups is 1. The van der Waals surface area contributed by atoms with E-state index in [4.69, 9.17) is 0 Å². The normalized spacial score (nSPS) is 46.6. The summed E-state index contributed by atoms with van der Waals surface area (Å²) in [6, 6.07) is 0. The van der Waals surface area contributed by atoms with Gasteiger partial charge in [-0.3, -0.25) is 0 Å². The summed E-state index contributed by atoms with van der Waals surface area (Å²) in [6.45, 7) is 12.3. The molecule has 0 aromatic rings. The summed E-state index contributed by atoms with van der Waals surface area (Å²) in [5.41, 5.74) is 2.03. The molecule has 4 aliphatic rings. The fourth-order valence-corrected chi connectivity index (χ4v) is 8.87. The molecule has 3 saturated carbocycles. The predicted molar refractivity (Wildman–Crippen MR) is 124 cm³/mol. The van der Waals surface area contributed by atoms with E-state index in [1.54, 1.807) is 0 Å². The van der Waals surface area contributed by atoms with Crippen LogP contribution in [0.25, 0.3) is 0 Å². The van der Waals surface area contributed by atoms with Crippen LogP contribution in [0.15, 0.2) is 11.6 Å². The topological polar surface area (TPSA) is 37.3 Å². The van der Waals surface area contributed by atoms with Gasteiger partial charge in [-0.1, -0.05) is 65.5 Å². The average Bonchev–Trinajstić information content (AvgIpc) is 3.05. The lowest BCUT2D eigenvalue weighted by atomic mass is 9.45. The van der Waals surface area contributed by atoms with E-state index >= 15 is 0 Å². The number of fused-ring (bicyclic) bond motifs is 5. The summed E-state index contributed by atoms with van der Waals surface area (Å²) in [5, 5.41) is 10.3. The van der Waals surface area contributed by atoms with Crippen molar-refractivity contribution in [1.29, 1.82) is 0 Å². The first-order valence-corrected chi connectivity index (χ1v) is 13.0. The van der Waals surface area contributed by atoms with Crippen LogP contribution in [-0.2, 0) is 4.79 Å². The van der Waals surface area contributed by atoms with Gasteiger partial charge < -0.3 is 9.90 Å². The van der Waals surface area contributed by atoms with Crippen LogP contribution >= 0.6 is 0 Å². The van der Waals surface area contributed by atoms with Gasteiger partial charge in [-0.25, -0.2) is 0 Å². The van der Waals surface area contributed by atoms with Crippen molar-refractivity contribution in [3.63, 3.8) is 0 Å². The van der Waals surface area contributed by atoms with Gasteiger partial charge in [0.25, 0.3) is 0 Å². The van der Waals surface area contributed by atoms with Crippen LogP contribution in [0.5, 0.6) is 0 Å². The van der Waals surface area contributed by atoms with E-state index in [-0.39, 0.29) is 17.4 Å². The largest absolute Gasteiger partial charge is 0.393 e. The highest BCUT2D eigenvalue weighted by atomic mass is 16.3. The summed E-state index contributed by atoms with van der Waals surface area (Å²) in [7, 11) is 0. The average molecular weight is 415 g/mol. The van der Waals surface area contributed by atoms with E-state index < -0.39 is 0 Å². The quantitative estimate of drug-likeness (QED) is 0.383. The van der Waals surface area contributed by atoms with Crippen molar-refractivity contribution in [2.24, 2.45) is 52.3 Å². The van der Waals surface area contributed by atoms with E-state index in [2.05, 4.69) is 40.7 Å². The van der Waals surface area contributed by atoms with Crippen molar-refractivity contribution in [1.82, 2.24) is 0 Å². The first-order valence-electron chi connectivity index (χ1n) is 13.0. The molecule has 0 spiro atoms. The number of rotatable bonds is 6. The third kappa shape index (κ3) is 3.63. The Labute approximate surface area is 185 Å². The maximum absolute atomic E-state index is 12.3. The van der Waals surface area contributed by atoms with Gasteiger partial charge in [0, 0.05) is 5.92 Å². The molecule has 4 rings (SSSR count). The Morgan fingerprint density at radius 3 is 2.53 bits per heavy atom. The first-order chi connectivity index (χ1) is 14.2. The molecule has 0 amide bonds. The molecular formula is C28H46O2. The molecule has 4 aliphatic carbocycles. The minimum atomic E-state index is -0.204. The maximum Gasteiger partial charge on any atom is 0.127 e. The van der Waals surface area contributed by atoms with Crippen LogP contribution in [0, 0.1) is 52.3 Å². The summed E-state index contributed by atoms with van der Waals surface area (Å²) in [4.78, 5) is 12.3. The van der Waals surface area contributed by atoms with Crippen molar-refractivity contribution in [2.75, 3.05) is 0 Å². The van der Waals surface area contributed by atoms with Gasteiger partial charge in [0.05, 0.1) is 6.10 Å². The van der Waals surface area contributed by atoms with Gasteiger partial charge in [-0.2, -0.15) is 0 Å². The molecule has 0 saturated heterocycles. The number of hydrogen-bond donors (Lipinski definition) is 1. The molecule has 30 heavy (non-hydrogen) atoms. The fourth-order valence-electron chi connectivity index (χ4n) is 8.87. The molecule has 2 heteroatoms. The molecule has 0 unspecified atom stereocenters. The second-order valence-electron chi connectivity index (χ2n) is 12.5. The Kier molecular flexibility index (Phi) is 6.30. The molecule has 170 valence electrons. The second kappa shape index (κ2) is 8.38. The number of aliphatic hydroxyl groups excluding tert-OH is 1. The van der Waals surface area contributed by atoms with Gasteiger partial charge in [0.1, 0.15) is 6.29 Å². The number of allylic oxidation sites excluding steroid dienone is 1. The van der Waals surface area contributed by atoms with Gasteiger partial charge in [0.2, 0.25) is 0 Å². The zero-order valence-corrected chi connectivity index (χ0v) is 20.2. The maximum atomic E-state index is 12.3. The lowest BCUT2D eigenvalue weighted by Crippen LogP contribution is -2.53. The standard InChI is InChI=1S/C28H46O2/c1-18(2)7-6-8-19(3)23-9-10-24-26-20(17-29)15-21-16-22(30)11-13-27(21,4)25(26)12-14-28(23,24)5/h15,17-20,22-26,30H,6-14,16H2,1-5H3/t19-,20-,22+,23-,24+,25+,26+,27+,28-/m1/s1. The van der Waals surface area contributed by atoms with Crippen LogP contribution in [0.4, 0.5) is 0 Å². The van der Waals surface area contributed by atoms with Crippen LogP contribution in [-0.4, -0.2) is 17.5 Å². The Balaban J connectivity index is 1.57. The van der Waals surface area contributed by atoms with Gasteiger partial charge in [-0.05, 0) is 91.3 Å². The van der Waals surface area contributed by atoms with Crippen LogP contribution < -0.4 is 0 Å². The Bertz CT molecular complexity index is 666. The zero-order chi connectivity index (χ0) is 21.7. The second-order valence-corrected chi connectivity index (χ2v) is 12.5. The number of carbonyl (C=O) groups excluding carboxylic acids is 1. The van der Waals surface area contributed by atoms with Crippen molar-refractivity contribution >= 4 is 6.29 Å². The summed E-state index contributed by atoms with van der Waals surface area (Å²) in [5.74, 6) is 4.38. The van der Waals surface area contributed by atoms with E-state index in [0.717, 1.165) is 37.0 Å². The summed E-state index contributed by atoms with van der Waals surface area (Å²) >= 11 is 0. The molecule has 0 aromatic heterocycles. The Morgan fingerprint density at radius 1 is 1.07 bits per heavy atom. The van der Waals surface area contributed by atoms with Crippen molar-refractivity contribution < 1.29 is 9.90 Å².